The maximum atomic E-state index is 10.5. The summed E-state index contributed by atoms with van der Waals surface area (Å²) >= 11 is 0. The minimum absolute atomic E-state index is 0.271. The summed E-state index contributed by atoms with van der Waals surface area (Å²) in [5, 5.41) is 10.5. The highest BCUT2D eigenvalue weighted by atomic mass is 16.5. The molecule has 142 valence electrons. The molecule has 0 aliphatic rings. The normalized spacial score (nSPS) is 13.5. The van der Waals surface area contributed by atoms with Crippen molar-refractivity contribution >= 4 is 0 Å². The molecule has 4 nitrogen and oxygen atoms in total. The Kier molecular flexibility index (Phi) is 7.95. The Balaban J connectivity index is 1.90. The summed E-state index contributed by atoms with van der Waals surface area (Å²) in [7, 11) is 1.64. The first-order chi connectivity index (χ1) is 12.5. The van der Waals surface area contributed by atoms with Crippen LogP contribution in [0, 0.1) is 6.92 Å². The maximum Gasteiger partial charge on any atom is 0.119 e. The van der Waals surface area contributed by atoms with E-state index in [0.717, 1.165) is 24.5 Å². The Morgan fingerprint density at radius 1 is 1.00 bits per heavy atom. The number of aliphatic hydroxyl groups is 1. The lowest BCUT2D eigenvalue weighted by Gasteiger charge is -2.30. The van der Waals surface area contributed by atoms with Gasteiger partial charge in [-0.1, -0.05) is 36.8 Å². The van der Waals surface area contributed by atoms with E-state index in [4.69, 9.17) is 9.47 Å². The van der Waals surface area contributed by atoms with Crippen molar-refractivity contribution in [3.63, 3.8) is 0 Å². The van der Waals surface area contributed by atoms with E-state index in [2.05, 4.69) is 49.9 Å². The Morgan fingerprint density at radius 3 is 2.19 bits per heavy atom. The molecule has 0 saturated carbocycles. The van der Waals surface area contributed by atoms with Gasteiger partial charge in [-0.15, -0.1) is 0 Å². The zero-order valence-electron chi connectivity index (χ0n) is 16.3. The highest BCUT2D eigenvalue weighted by Gasteiger charge is 2.17. The lowest BCUT2D eigenvalue weighted by Crippen LogP contribution is -2.40. The van der Waals surface area contributed by atoms with Crippen LogP contribution in [0.15, 0.2) is 48.5 Å². The third kappa shape index (κ3) is 6.36. The van der Waals surface area contributed by atoms with Crippen LogP contribution in [0.1, 0.15) is 31.4 Å². The molecule has 0 heterocycles. The second kappa shape index (κ2) is 10.2. The number of ether oxygens (including phenoxy) is 2. The monoisotopic (exact) mass is 357 g/mol. The SMILES string of the molecule is CCC(C)N(Cc1ccc(C)cc1)CC(O)COc1ccc(OC)cc1. The van der Waals surface area contributed by atoms with E-state index >= 15 is 0 Å². The van der Waals surface area contributed by atoms with Crippen LogP contribution >= 0.6 is 0 Å². The first kappa shape index (κ1) is 20.3. The van der Waals surface area contributed by atoms with Crippen LogP contribution < -0.4 is 9.47 Å². The van der Waals surface area contributed by atoms with Crippen molar-refractivity contribution in [2.24, 2.45) is 0 Å². The number of rotatable bonds is 10. The van der Waals surface area contributed by atoms with Crippen molar-refractivity contribution in [3.05, 3.63) is 59.7 Å². The summed E-state index contributed by atoms with van der Waals surface area (Å²) in [5.74, 6) is 1.53. The second-order valence-corrected chi connectivity index (χ2v) is 6.81. The minimum atomic E-state index is -0.545. The molecule has 1 N–H and O–H groups in total. The highest BCUT2D eigenvalue weighted by molar-refractivity contribution is 5.31. The van der Waals surface area contributed by atoms with Crippen molar-refractivity contribution < 1.29 is 14.6 Å². The van der Waals surface area contributed by atoms with Gasteiger partial charge in [0, 0.05) is 19.1 Å². The number of hydrogen-bond donors (Lipinski definition) is 1. The number of aliphatic hydroxyl groups excluding tert-OH is 1. The zero-order valence-corrected chi connectivity index (χ0v) is 16.3. The van der Waals surface area contributed by atoms with Crippen LogP contribution in [0.4, 0.5) is 0 Å². The topological polar surface area (TPSA) is 41.9 Å². The number of hydrogen-bond acceptors (Lipinski definition) is 4. The third-order valence-electron chi connectivity index (χ3n) is 4.67. The molecule has 2 aromatic rings. The first-order valence-electron chi connectivity index (χ1n) is 9.26. The summed E-state index contributed by atoms with van der Waals surface area (Å²) in [6.45, 7) is 8.15. The van der Waals surface area contributed by atoms with Crippen molar-refractivity contribution in [1.29, 1.82) is 0 Å². The van der Waals surface area contributed by atoms with Gasteiger partial charge in [0.15, 0.2) is 0 Å². The van der Waals surface area contributed by atoms with Gasteiger partial charge in [0.2, 0.25) is 0 Å². The first-order valence-corrected chi connectivity index (χ1v) is 9.26. The zero-order chi connectivity index (χ0) is 18.9. The molecule has 2 rings (SSSR count). The van der Waals surface area contributed by atoms with Gasteiger partial charge in [0.1, 0.15) is 24.2 Å². The van der Waals surface area contributed by atoms with Gasteiger partial charge in [0.25, 0.3) is 0 Å². The van der Waals surface area contributed by atoms with Crippen molar-refractivity contribution in [2.75, 3.05) is 20.3 Å². The second-order valence-electron chi connectivity index (χ2n) is 6.81. The number of nitrogens with zero attached hydrogens (tertiary/aromatic N) is 1. The van der Waals surface area contributed by atoms with Gasteiger partial charge in [-0.25, -0.2) is 0 Å². The predicted octanol–water partition coefficient (Wildman–Crippen LogP) is 4.04. The molecule has 0 amide bonds. The molecule has 2 unspecified atom stereocenters. The molecular weight excluding hydrogens is 326 g/mol. The van der Waals surface area contributed by atoms with E-state index in [1.807, 2.05) is 24.3 Å². The molecule has 0 aliphatic heterocycles. The van der Waals surface area contributed by atoms with Crippen LogP contribution in [-0.2, 0) is 6.54 Å². The van der Waals surface area contributed by atoms with Gasteiger partial charge >= 0.3 is 0 Å². The molecule has 26 heavy (non-hydrogen) atoms. The molecule has 2 atom stereocenters. The molecule has 2 aromatic carbocycles. The molecular formula is C22H31NO3. The Bertz CT molecular complexity index is 639. The molecule has 0 bridgehead atoms. The van der Waals surface area contributed by atoms with Gasteiger partial charge in [-0.2, -0.15) is 0 Å². The van der Waals surface area contributed by atoms with Crippen molar-refractivity contribution in [1.82, 2.24) is 4.90 Å². The predicted molar refractivity (Wildman–Crippen MR) is 106 cm³/mol. The van der Waals surface area contributed by atoms with E-state index in [1.165, 1.54) is 11.1 Å². The van der Waals surface area contributed by atoms with Gasteiger partial charge in [-0.3, -0.25) is 4.90 Å². The number of methoxy groups -OCH3 is 1. The Morgan fingerprint density at radius 2 is 1.62 bits per heavy atom. The summed E-state index contributed by atoms with van der Waals surface area (Å²) in [5.41, 5.74) is 2.52. The average molecular weight is 357 g/mol. The van der Waals surface area contributed by atoms with Crippen LogP contribution in [0.25, 0.3) is 0 Å². The number of benzene rings is 2. The fraction of sp³-hybridized carbons (Fsp3) is 0.455. The quantitative estimate of drug-likeness (QED) is 0.697. The molecule has 4 heteroatoms. The number of aryl methyl sites for hydroxylation is 1. The molecule has 0 aromatic heterocycles. The lowest BCUT2D eigenvalue weighted by atomic mass is 10.1. The Labute approximate surface area is 157 Å². The van der Waals surface area contributed by atoms with Crippen LogP contribution in [0.2, 0.25) is 0 Å². The Hall–Kier alpha value is -2.04. The van der Waals surface area contributed by atoms with Gasteiger partial charge < -0.3 is 14.6 Å². The van der Waals surface area contributed by atoms with E-state index in [-0.39, 0.29) is 6.61 Å². The smallest absolute Gasteiger partial charge is 0.119 e. The van der Waals surface area contributed by atoms with Crippen LogP contribution in [0.3, 0.4) is 0 Å². The molecule has 0 spiro atoms. The van der Waals surface area contributed by atoms with Gasteiger partial charge in [0.05, 0.1) is 7.11 Å². The fourth-order valence-electron chi connectivity index (χ4n) is 2.77. The van der Waals surface area contributed by atoms with Crippen molar-refractivity contribution in [3.8, 4) is 11.5 Å². The summed E-state index contributed by atoms with van der Waals surface area (Å²) in [4.78, 5) is 2.31. The van der Waals surface area contributed by atoms with Crippen LogP contribution in [0.5, 0.6) is 11.5 Å². The standard InChI is InChI=1S/C22H31NO3/c1-5-18(3)23(14-19-8-6-17(2)7-9-19)15-20(24)16-26-22-12-10-21(25-4)11-13-22/h6-13,18,20,24H,5,14-16H2,1-4H3. The summed E-state index contributed by atoms with van der Waals surface area (Å²) in [6.07, 6.45) is 0.495. The molecule has 0 fully saturated rings. The van der Waals surface area contributed by atoms with Gasteiger partial charge in [-0.05, 0) is 50.1 Å². The molecule has 0 radical (unpaired) electrons. The molecule has 0 saturated heterocycles. The van der Waals surface area contributed by atoms with E-state index < -0.39 is 6.10 Å². The van der Waals surface area contributed by atoms with E-state index in [0.29, 0.717) is 12.6 Å². The van der Waals surface area contributed by atoms with Crippen molar-refractivity contribution in [2.45, 2.75) is 45.9 Å². The van der Waals surface area contributed by atoms with E-state index in [9.17, 15) is 5.11 Å². The largest absolute Gasteiger partial charge is 0.497 e. The summed E-state index contributed by atoms with van der Waals surface area (Å²) in [6, 6.07) is 16.4. The lowest BCUT2D eigenvalue weighted by molar-refractivity contribution is 0.0506. The highest BCUT2D eigenvalue weighted by Crippen LogP contribution is 2.18. The molecule has 0 aliphatic carbocycles. The van der Waals surface area contributed by atoms with E-state index in [1.54, 1.807) is 7.11 Å². The maximum absolute atomic E-state index is 10.5. The third-order valence-corrected chi connectivity index (χ3v) is 4.67. The fourth-order valence-corrected chi connectivity index (χ4v) is 2.77. The minimum Gasteiger partial charge on any atom is -0.497 e. The summed E-state index contributed by atoms with van der Waals surface area (Å²) < 4.78 is 10.9. The average Bonchev–Trinajstić information content (AvgIpc) is 2.67. The van der Waals surface area contributed by atoms with Crippen LogP contribution in [-0.4, -0.2) is 42.4 Å².